The molecule has 0 bridgehead atoms. The maximum absolute atomic E-state index is 12.1. The molecule has 1 aliphatic heterocycles. The number of thiazole rings is 1. The fraction of sp³-hybridized carbons (Fsp3) is 0.167. The monoisotopic (exact) mass is 353 g/mol. The van der Waals surface area contributed by atoms with Crippen molar-refractivity contribution >= 4 is 22.9 Å². The predicted octanol–water partition coefficient (Wildman–Crippen LogP) is 2.59. The highest BCUT2D eigenvalue weighted by Crippen LogP contribution is 2.37. The maximum Gasteiger partial charge on any atom is 0.265 e. The lowest BCUT2D eigenvalue weighted by molar-refractivity contribution is -0.121. The van der Waals surface area contributed by atoms with Gasteiger partial charge in [0.05, 0.1) is 23.7 Å². The van der Waals surface area contributed by atoms with E-state index in [1.165, 1.54) is 11.3 Å². The predicted molar refractivity (Wildman–Crippen MR) is 95.7 cm³/mol. The summed E-state index contributed by atoms with van der Waals surface area (Å²) >= 11 is 1.52. The highest BCUT2D eigenvalue weighted by Gasteiger charge is 2.25. The van der Waals surface area contributed by atoms with Crippen LogP contribution in [0.1, 0.15) is 0 Å². The van der Waals surface area contributed by atoms with Gasteiger partial charge in [-0.25, -0.2) is 4.98 Å². The summed E-state index contributed by atoms with van der Waals surface area (Å²) in [7, 11) is 0. The topological polar surface area (TPSA) is 75.5 Å². The van der Waals surface area contributed by atoms with Gasteiger partial charge in [-0.15, -0.1) is 11.3 Å². The lowest BCUT2D eigenvalue weighted by Gasteiger charge is -2.29. The number of ether oxygens (including phenoxy) is 1. The third-order valence-corrected chi connectivity index (χ3v) is 4.77. The zero-order valence-electron chi connectivity index (χ0n) is 13.3. The molecule has 6 nitrogen and oxygen atoms in total. The number of anilines is 1. The summed E-state index contributed by atoms with van der Waals surface area (Å²) in [4.78, 5) is 22.6. The Morgan fingerprint density at radius 2 is 2.16 bits per heavy atom. The number of carbonyl (C=O) groups is 1. The maximum atomic E-state index is 12.1. The third kappa shape index (κ3) is 2.99. The second-order valence-electron chi connectivity index (χ2n) is 5.49. The number of carbonyl (C=O) groups excluding carboxylic acids is 1. The van der Waals surface area contributed by atoms with Gasteiger partial charge in [-0.3, -0.25) is 9.78 Å². The first-order chi connectivity index (χ1) is 12.3. The first-order valence-corrected chi connectivity index (χ1v) is 8.69. The molecule has 4 rings (SSSR count). The van der Waals surface area contributed by atoms with E-state index in [9.17, 15) is 9.90 Å². The van der Waals surface area contributed by atoms with Gasteiger partial charge < -0.3 is 14.7 Å². The van der Waals surface area contributed by atoms with E-state index in [4.69, 9.17) is 4.74 Å². The van der Waals surface area contributed by atoms with Crippen LogP contribution in [-0.2, 0) is 4.79 Å². The van der Waals surface area contributed by atoms with E-state index in [2.05, 4.69) is 9.97 Å². The zero-order valence-corrected chi connectivity index (χ0v) is 14.1. The van der Waals surface area contributed by atoms with Gasteiger partial charge in [-0.2, -0.15) is 0 Å². The standard InChI is InChI=1S/C18H15N3O3S/c22-8-7-21-15-9-12(4-5-16(15)24-10-17(21)23)14-11-25-18(20-14)13-3-1-2-6-19-13/h1-6,9,11,22H,7-8,10H2. The van der Waals surface area contributed by atoms with E-state index in [1.807, 2.05) is 41.8 Å². The average Bonchev–Trinajstić information content (AvgIpc) is 3.15. The molecule has 1 N–H and O–H groups in total. The molecule has 25 heavy (non-hydrogen) atoms. The Morgan fingerprint density at radius 1 is 1.24 bits per heavy atom. The van der Waals surface area contributed by atoms with Crippen LogP contribution in [0.2, 0.25) is 0 Å². The number of nitrogens with zero attached hydrogens (tertiary/aromatic N) is 3. The van der Waals surface area contributed by atoms with E-state index >= 15 is 0 Å². The Morgan fingerprint density at radius 3 is 2.96 bits per heavy atom. The molecular weight excluding hydrogens is 338 g/mol. The summed E-state index contributed by atoms with van der Waals surface area (Å²) in [5.41, 5.74) is 3.20. The lowest BCUT2D eigenvalue weighted by atomic mass is 10.1. The molecule has 126 valence electrons. The van der Waals surface area contributed by atoms with Gasteiger partial charge in [0, 0.05) is 23.7 Å². The van der Waals surface area contributed by atoms with Crippen molar-refractivity contribution in [1.82, 2.24) is 9.97 Å². The minimum atomic E-state index is -0.161. The Balaban J connectivity index is 1.70. The molecule has 0 radical (unpaired) electrons. The summed E-state index contributed by atoms with van der Waals surface area (Å²) in [5, 5.41) is 12.0. The number of hydrogen-bond donors (Lipinski definition) is 1. The van der Waals surface area contributed by atoms with E-state index in [0.717, 1.165) is 22.0 Å². The Labute approximate surface area is 148 Å². The molecule has 0 atom stereocenters. The van der Waals surface area contributed by atoms with Crippen LogP contribution in [0, 0.1) is 0 Å². The SMILES string of the molecule is O=C1COc2ccc(-c3csc(-c4ccccn4)n3)cc2N1CCO. The average molecular weight is 353 g/mol. The number of hydrogen-bond acceptors (Lipinski definition) is 6. The molecule has 0 saturated carbocycles. The number of fused-ring (bicyclic) bond motifs is 1. The van der Waals surface area contributed by atoms with Crippen LogP contribution in [0.3, 0.4) is 0 Å². The highest BCUT2D eigenvalue weighted by atomic mass is 32.1. The van der Waals surface area contributed by atoms with Gasteiger partial charge >= 0.3 is 0 Å². The van der Waals surface area contributed by atoms with Gasteiger partial charge in [0.1, 0.15) is 10.8 Å². The molecule has 1 aliphatic rings. The highest BCUT2D eigenvalue weighted by molar-refractivity contribution is 7.13. The van der Waals surface area contributed by atoms with E-state index < -0.39 is 0 Å². The largest absolute Gasteiger partial charge is 0.482 e. The van der Waals surface area contributed by atoms with Gasteiger partial charge in [-0.1, -0.05) is 6.07 Å². The fourth-order valence-electron chi connectivity index (χ4n) is 2.72. The van der Waals surface area contributed by atoms with Crippen molar-refractivity contribution in [2.45, 2.75) is 0 Å². The van der Waals surface area contributed by atoms with E-state index in [0.29, 0.717) is 11.4 Å². The first-order valence-electron chi connectivity index (χ1n) is 7.81. The molecular formula is C18H15N3O3S. The molecule has 0 aliphatic carbocycles. The van der Waals surface area contributed by atoms with Gasteiger partial charge in [-0.05, 0) is 30.3 Å². The van der Waals surface area contributed by atoms with Gasteiger partial charge in [0.25, 0.3) is 5.91 Å². The normalized spacial score (nSPS) is 13.5. The summed E-state index contributed by atoms with van der Waals surface area (Å²) in [6.07, 6.45) is 1.74. The van der Waals surface area contributed by atoms with Crippen molar-refractivity contribution in [3.8, 4) is 27.7 Å². The van der Waals surface area contributed by atoms with Crippen LogP contribution in [0.25, 0.3) is 22.0 Å². The molecule has 0 fully saturated rings. The van der Waals surface area contributed by atoms with Gasteiger partial charge in [0.2, 0.25) is 0 Å². The molecule has 3 heterocycles. The molecule has 2 aromatic heterocycles. The van der Waals surface area contributed by atoms with Gasteiger partial charge in [0.15, 0.2) is 6.61 Å². The number of aromatic nitrogens is 2. The fourth-order valence-corrected chi connectivity index (χ4v) is 3.52. The molecule has 0 unspecified atom stereocenters. The van der Waals surface area contributed by atoms with Crippen molar-refractivity contribution < 1.29 is 14.6 Å². The number of amides is 1. The van der Waals surface area contributed by atoms with Crippen LogP contribution in [0.15, 0.2) is 48.0 Å². The van der Waals surface area contributed by atoms with Crippen LogP contribution in [-0.4, -0.2) is 40.7 Å². The quantitative estimate of drug-likeness (QED) is 0.780. The van der Waals surface area contributed by atoms with Crippen LogP contribution >= 0.6 is 11.3 Å². The van der Waals surface area contributed by atoms with Crippen molar-refractivity contribution in [3.05, 3.63) is 48.0 Å². The van der Waals surface area contributed by atoms with E-state index in [-0.39, 0.29) is 25.7 Å². The van der Waals surface area contributed by atoms with E-state index in [1.54, 1.807) is 11.1 Å². The Bertz CT molecular complexity index is 911. The second kappa shape index (κ2) is 6.62. The summed E-state index contributed by atoms with van der Waals surface area (Å²) in [6.45, 7) is 0.137. The number of aliphatic hydroxyl groups excluding tert-OH is 1. The van der Waals surface area contributed by atoms with Crippen molar-refractivity contribution in [2.24, 2.45) is 0 Å². The molecule has 0 spiro atoms. The minimum Gasteiger partial charge on any atom is -0.482 e. The summed E-state index contributed by atoms with van der Waals surface area (Å²) < 4.78 is 5.48. The zero-order chi connectivity index (χ0) is 17.2. The lowest BCUT2D eigenvalue weighted by Crippen LogP contribution is -2.40. The number of rotatable bonds is 4. The molecule has 3 aromatic rings. The van der Waals surface area contributed by atoms with Crippen LogP contribution < -0.4 is 9.64 Å². The molecule has 1 amide bonds. The number of pyridine rings is 1. The third-order valence-electron chi connectivity index (χ3n) is 3.91. The molecule has 1 aromatic carbocycles. The second-order valence-corrected chi connectivity index (χ2v) is 6.35. The Kier molecular flexibility index (Phi) is 4.17. The van der Waals surface area contributed by atoms with Crippen molar-refractivity contribution in [3.63, 3.8) is 0 Å². The number of β-amino-alcohol motifs (C(OH)–C–C–N with tert-alkyl or cyclic N) is 1. The van der Waals surface area contributed by atoms with Crippen molar-refractivity contribution in [1.29, 1.82) is 0 Å². The number of aliphatic hydroxyl groups is 1. The summed E-state index contributed by atoms with van der Waals surface area (Å²) in [5.74, 6) is 0.475. The first kappa shape index (κ1) is 15.7. The van der Waals surface area contributed by atoms with Crippen molar-refractivity contribution in [2.75, 3.05) is 24.7 Å². The smallest absolute Gasteiger partial charge is 0.265 e. The van der Waals surface area contributed by atoms with Crippen LogP contribution in [0.5, 0.6) is 5.75 Å². The number of benzene rings is 1. The molecule has 0 saturated heterocycles. The minimum absolute atomic E-state index is 0.00707. The summed E-state index contributed by atoms with van der Waals surface area (Å²) in [6, 6.07) is 11.3. The Hall–Kier alpha value is -2.77. The van der Waals surface area contributed by atoms with Crippen LogP contribution in [0.4, 0.5) is 5.69 Å². The molecule has 7 heteroatoms.